The molecule has 1 saturated carbocycles. The molecule has 0 saturated heterocycles. The molecule has 0 atom stereocenters. The van der Waals surface area contributed by atoms with Crippen molar-refractivity contribution in [2.75, 3.05) is 13.1 Å². The Labute approximate surface area is 169 Å². The fourth-order valence-corrected chi connectivity index (χ4v) is 3.79. The van der Waals surface area contributed by atoms with Gasteiger partial charge in [-0.05, 0) is 59.4 Å². The fourth-order valence-electron chi connectivity index (χ4n) is 3.79. The highest BCUT2D eigenvalue weighted by atomic mass is 19.1. The number of carbonyl (C=O) groups is 3. The maximum atomic E-state index is 13.5. The second kappa shape index (κ2) is 7.65. The third-order valence-electron chi connectivity index (χ3n) is 5.27. The lowest BCUT2D eigenvalue weighted by atomic mass is 10.00. The number of alkyl carbamates (subject to hydrolysis) is 1. The summed E-state index contributed by atoms with van der Waals surface area (Å²) in [6.45, 7) is 8.93. The molecule has 0 bridgehead atoms. The van der Waals surface area contributed by atoms with Crippen molar-refractivity contribution in [3.63, 3.8) is 0 Å². The van der Waals surface area contributed by atoms with Crippen LogP contribution < -0.4 is 5.32 Å². The summed E-state index contributed by atoms with van der Waals surface area (Å²) in [6.07, 6.45) is 2.17. The van der Waals surface area contributed by atoms with Crippen molar-refractivity contribution in [2.24, 2.45) is 0 Å². The first-order valence-corrected chi connectivity index (χ1v) is 9.87. The standard InChI is InChI=1S/C21H28FN3O4/c1-12-16-8-9-24(15-6-7-15)19(27)17(16)13(2)25(12)18(26)14(10-22)11-23-20(28)29-21(3,4)5/h10,15H,6-9,11H2,1-5H3,(H,23,28). The summed E-state index contributed by atoms with van der Waals surface area (Å²) in [5.41, 5.74) is 1.62. The number of fused-ring (bicyclic) bond motifs is 1. The van der Waals surface area contributed by atoms with E-state index in [0.717, 1.165) is 18.4 Å². The number of hydrogen-bond donors (Lipinski definition) is 1. The number of aromatic nitrogens is 1. The van der Waals surface area contributed by atoms with E-state index in [0.29, 0.717) is 36.0 Å². The van der Waals surface area contributed by atoms with E-state index in [1.54, 1.807) is 34.6 Å². The maximum absolute atomic E-state index is 13.5. The second-order valence-corrected chi connectivity index (χ2v) is 8.63. The Morgan fingerprint density at radius 2 is 1.90 bits per heavy atom. The summed E-state index contributed by atoms with van der Waals surface area (Å²) in [5, 5.41) is 2.40. The van der Waals surface area contributed by atoms with E-state index in [1.807, 2.05) is 4.90 Å². The highest BCUT2D eigenvalue weighted by Crippen LogP contribution is 2.35. The molecule has 0 aromatic carbocycles. The summed E-state index contributed by atoms with van der Waals surface area (Å²) >= 11 is 0. The first-order valence-electron chi connectivity index (χ1n) is 9.87. The average molecular weight is 405 g/mol. The molecule has 1 N–H and O–H groups in total. The smallest absolute Gasteiger partial charge is 0.407 e. The van der Waals surface area contributed by atoms with Crippen LogP contribution in [-0.4, -0.2) is 52.1 Å². The number of ether oxygens (including phenoxy) is 1. The Kier molecular flexibility index (Phi) is 5.56. The van der Waals surface area contributed by atoms with E-state index in [4.69, 9.17) is 4.74 Å². The Morgan fingerprint density at radius 1 is 1.24 bits per heavy atom. The second-order valence-electron chi connectivity index (χ2n) is 8.63. The van der Waals surface area contributed by atoms with Gasteiger partial charge in [-0.25, -0.2) is 9.18 Å². The average Bonchev–Trinajstić information content (AvgIpc) is 3.41. The predicted molar refractivity (Wildman–Crippen MR) is 106 cm³/mol. The molecule has 3 rings (SSSR count). The van der Waals surface area contributed by atoms with E-state index in [-0.39, 0.29) is 24.4 Å². The number of rotatable bonds is 4. The molecule has 0 unspecified atom stereocenters. The van der Waals surface area contributed by atoms with Crippen LogP contribution in [0.5, 0.6) is 0 Å². The molecule has 8 heteroatoms. The summed E-state index contributed by atoms with van der Waals surface area (Å²) in [7, 11) is 0. The van der Waals surface area contributed by atoms with Crippen LogP contribution in [0.4, 0.5) is 9.18 Å². The molecule has 0 spiro atoms. The summed E-state index contributed by atoms with van der Waals surface area (Å²) in [4.78, 5) is 39.6. The van der Waals surface area contributed by atoms with Gasteiger partial charge < -0.3 is 15.0 Å². The van der Waals surface area contributed by atoms with Crippen molar-refractivity contribution in [1.29, 1.82) is 0 Å². The first kappa shape index (κ1) is 21.1. The normalized spacial score (nSPS) is 17.2. The van der Waals surface area contributed by atoms with Gasteiger partial charge in [-0.15, -0.1) is 0 Å². The predicted octanol–water partition coefficient (Wildman–Crippen LogP) is 3.28. The number of amides is 2. The molecular weight excluding hydrogens is 377 g/mol. The monoisotopic (exact) mass is 405 g/mol. The van der Waals surface area contributed by atoms with Crippen LogP contribution >= 0.6 is 0 Å². The van der Waals surface area contributed by atoms with Gasteiger partial charge in [0.15, 0.2) is 0 Å². The maximum Gasteiger partial charge on any atom is 0.407 e. The van der Waals surface area contributed by atoms with Gasteiger partial charge in [0.2, 0.25) is 0 Å². The van der Waals surface area contributed by atoms with Crippen LogP contribution in [0.1, 0.15) is 65.7 Å². The summed E-state index contributed by atoms with van der Waals surface area (Å²) < 4.78 is 20.0. The molecule has 2 amide bonds. The Balaban J connectivity index is 1.81. The number of halogens is 1. The third-order valence-corrected chi connectivity index (χ3v) is 5.27. The lowest BCUT2D eigenvalue weighted by Gasteiger charge is -2.27. The van der Waals surface area contributed by atoms with Crippen molar-refractivity contribution < 1.29 is 23.5 Å². The lowest BCUT2D eigenvalue weighted by Crippen LogP contribution is -2.39. The highest BCUT2D eigenvalue weighted by Gasteiger charge is 2.39. The first-order chi connectivity index (χ1) is 13.5. The van der Waals surface area contributed by atoms with E-state index in [2.05, 4.69) is 5.32 Å². The van der Waals surface area contributed by atoms with Crippen LogP contribution in [0.15, 0.2) is 11.9 Å². The van der Waals surface area contributed by atoms with Crippen molar-refractivity contribution in [2.45, 2.75) is 65.5 Å². The zero-order chi connectivity index (χ0) is 21.5. The molecule has 7 nitrogen and oxygen atoms in total. The number of hydrogen-bond acceptors (Lipinski definition) is 4. The zero-order valence-electron chi connectivity index (χ0n) is 17.6. The summed E-state index contributed by atoms with van der Waals surface area (Å²) in [5.74, 6) is -0.655. The lowest BCUT2D eigenvalue weighted by molar-refractivity contribution is 0.0532. The van der Waals surface area contributed by atoms with E-state index >= 15 is 0 Å². The molecule has 2 aliphatic rings. The molecule has 1 aliphatic heterocycles. The van der Waals surface area contributed by atoms with Gasteiger partial charge in [-0.1, -0.05) is 0 Å². The van der Waals surface area contributed by atoms with Gasteiger partial charge in [0.05, 0.1) is 24.0 Å². The van der Waals surface area contributed by atoms with Gasteiger partial charge in [-0.2, -0.15) is 0 Å². The molecule has 1 aliphatic carbocycles. The Hall–Kier alpha value is -2.64. The number of nitrogens with one attached hydrogen (secondary N) is 1. The van der Waals surface area contributed by atoms with Gasteiger partial charge in [-0.3, -0.25) is 14.2 Å². The molecule has 158 valence electrons. The topological polar surface area (TPSA) is 80.6 Å². The van der Waals surface area contributed by atoms with Crippen molar-refractivity contribution in [1.82, 2.24) is 14.8 Å². The minimum absolute atomic E-state index is 0.0569. The Morgan fingerprint density at radius 3 is 2.45 bits per heavy atom. The molecule has 29 heavy (non-hydrogen) atoms. The summed E-state index contributed by atoms with van der Waals surface area (Å²) in [6, 6.07) is 0.300. The zero-order valence-corrected chi connectivity index (χ0v) is 17.6. The van der Waals surface area contributed by atoms with E-state index in [9.17, 15) is 18.8 Å². The quantitative estimate of drug-likeness (QED) is 0.780. The van der Waals surface area contributed by atoms with Crippen molar-refractivity contribution >= 4 is 17.9 Å². The van der Waals surface area contributed by atoms with Crippen LogP contribution in [0.25, 0.3) is 0 Å². The molecule has 2 heterocycles. The van der Waals surface area contributed by atoms with Crippen LogP contribution in [0.3, 0.4) is 0 Å². The van der Waals surface area contributed by atoms with Gasteiger partial charge >= 0.3 is 6.09 Å². The Bertz CT molecular complexity index is 891. The van der Waals surface area contributed by atoms with E-state index < -0.39 is 17.6 Å². The minimum atomic E-state index is -0.736. The number of carbonyl (C=O) groups excluding carboxylic acids is 3. The fraction of sp³-hybridized carbons (Fsp3) is 0.571. The largest absolute Gasteiger partial charge is 0.444 e. The molecule has 1 fully saturated rings. The van der Waals surface area contributed by atoms with Crippen LogP contribution in [-0.2, 0) is 11.2 Å². The minimum Gasteiger partial charge on any atom is -0.444 e. The molecule has 1 aromatic heterocycles. The third kappa shape index (κ3) is 4.21. The molecular formula is C21H28FN3O4. The van der Waals surface area contributed by atoms with Crippen molar-refractivity contribution in [3.8, 4) is 0 Å². The molecule has 0 radical (unpaired) electrons. The highest BCUT2D eigenvalue weighted by molar-refractivity contribution is 6.03. The van der Waals surface area contributed by atoms with E-state index in [1.165, 1.54) is 4.57 Å². The van der Waals surface area contributed by atoms with Crippen LogP contribution in [0.2, 0.25) is 0 Å². The van der Waals surface area contributed by atoms with Gasteiger partial charge in [0.25, 0.3) is 11.8 Å². The number of nitrogens with zero attached hydrogens (tertiary/aromatic N) is 2. The van der Waals surface area contributed by atoms with Crippen LogP contribution in [0, 0.1) is 13.8 Å². The van der Waals surface area contributed by atoms with Crippen molar-refractivity contribution in [3.05, 3.63) is 34.4 Å². The molecule has 1 aromatic rings. The van der Waals surface area contributed by atoms with Gasteiger partial charge in [0.1, 0.15) is 5.60 Å². The van der Waals surface area contributed by atoms with Gasteiger partial charge in [0, 0.05) is 24.0 Å². The SMILES string of the molecule is Cc1c2c(c(C)n1C(=O)C(=CF)CNC(=O)OC(C)(C)C)C(=O)N(C1CC1)CC2.